The lowest BCUT2D eigenvalue weighted by atomic mass is 10.2. The zero-order chi connectivity index (χ0) is 20.2. The van der Waals surface area contributed by atoms with Crippen molar-refractivity contribution in [2.45, 2.75) is 13.5 Å². The van der Waals surface area contributed by atoms with Crippen molar-refractivity contribution in [1.82, 2.24) is 14.5 Å². The van der Waals surface area contributed by atoms with Gasteiger partial charge in [-0.1, -0.05) is 18.2 Å². The average molecular weight is 385 g/mol. The van der Waals surface area contributed by atoms with Gasteiger partial charge in [0.2, 0.25) is 11.8 Å². The van der Waals surface area contributed by atoms with E-state index in [2.05, 4.69) is 20.6 Å². The Morgan fingerprint density at radius 2 is 1.76 bits per heavy atom. The van der Waals surface area contributed by atoms with Gasteiger partial charge >= 0.3 is 0 Å². The standard InChI is InChI=1S/C22H19N5O2/c1-15(28)24-17-7-4-8-18(12-17)25-21(29)14-27-20-10-3-2-9-19(20)26-22(27)16-6-5-11-23-13-16/h2-13H,14H2,1H3,(H,24,28)(H,25,29). The number of amides is 2. The van der Waals surface area contributed by atoms with Gasteiger partial charge in [-0.2, -0.15) is 0 Å². The van der Waals surface area contributed by atoms with Gasteiger partial charge in [-0.05, 0) is 42.5 Å². The Kier molecular flexibility index (Phi) is 5.03. The summed E-state index contributed by atoms with van der Waals surface area (Å²) >= 11 is 0. The van der Waals surface area contributed by atoms with Crippen molar-refractivity contribution >= 4 is 34.2 Å². The third-order valence-electron chi connectivity index (χ3n) is 4.34. The Labute approximate surface area is 167 Å². The summed E-state index contributed by atoms with van der Waals surface area (Å²) in [5, 5.41) is 5.59. The molecule has 0 radical (unpaired) electrons. The van der Waals surface area contributed by atoms with Crippen LogP contribution in [0.5, 0.6) is 0 Å². The lowest BCUT2D eigenvalue weighted by Crippen LogP contribution is -2.19. The monoisotopic (exact) mass is 385 g/mol. The van der Waals surface area contributed by atoms with Crippen molar-refractivity contribution < 1.29 is 9.59 Å². The molecule has 0 bridgehead atoms. The number of fused-ring (bicyclic) bond motifs is 1. The maximum Gasteiger partial charge on any atom is 0.244 e. The van der Waals surface area contributed by atoms with Gasteiger partial charge in [-0.3, -0.25) is 14.6 Å². The number of aromatic nitrogens is 3. The Morgan fingerprint density at radius 1 is 0.966 bits per heavy atom. The van der Waals surface area contributed by atoms with Crippen molar-refractivity contribution in [3.63, 3.8) is 0 Å². The highest BCUT2D eigenvalue weighted by Gasteiger charge is 2.15. The van der Waals surface area contributed by atoms with E-state index in [-0.39, 0.29) is 18.4 Å². The van der Waals surface area contributed by atoms with Gasteiger partial charge in [-0.15, -0.1) is 0 Å². The van der Waals surface area contributed by atoms with Gasteiger partial charge in [-0.25, -0.2) is 4.98 Å². The molecule has 0 atom stereocenters. The Balaban J connectivity index is 1.62. The number of hydrogen-bond acceptors (Lipinski definition) is 4. The smallest absolute Gasteiger partial charge is 0.244 e. The minimum absolute atomic E-state index is 0.0924. The van der Waals surface area contributed by atoms with Gasteiger partial charge in [0.1, 0.15) is 12.4 Å². The SMILES string of the molecule is CC(=O)Nc1cccc(NC(=O)Cn2c(-c3cccnc3)nc3ccccc32)c1. The molecule has 0 aliphatic rings. The van der Waals surface area contributed by atoms with Crippen LogP contribution in [0.2, 0.25) is 0 Å². The number of carbonyl (C=O) groups is 2. The Hall–Kier alpha value is -4.00. The molecule has 0 aliphatic carbocycles. The molecule has 0 saturated carbocycles. The first-order valence-electron chi connectivity index (χ1n) is 9.13. The molecule has 4 aromatic rings. The summed E-state index contributed by atoms with van der Waals surface area (Å²) in [6.45, 7) is 1.53. The van der Waals surface area contributed by atoms with Crippen LogP contribution in [0.25, 0.3) is 22.4 Å². The van der Waals surface area contributed by atoms with E-state index in [1.165, 1.54) is 6.92 Å². The largest absolute Gasteiger partial charge is 0.326 e. The third-order valence-corrected chi connectivity index (χ3v) is 4.34. The average Bonchev–Trinajstić information content (AvgIpc) is 3.07. The molecule has 2 aromatic heterocycles. The number of para-hydroxylation sites is 2. The molecule has 144 valence electrons. The number of carbonyl (C=O) groups excluding carboxylic acids is 2. The topological polar surface area (TPSA) is 88.9 Å². The van der Waals surface area contributed by atoms with E-state index in [4.69, 9.17) is 0 Å². The minimum Gasteiger partial charge on any atom is -0.326 e. The number of anilines is 2. The van der Waals surface area contributed by atoms with E-state index in [1.54, 1.807) is 36.7 Å². The number of rotatable bonds is 5. The first kappa shape index (κ1) is 18.4. The summed E-state index contributed by atoms with van der Waals surface area (Å²) in [6.07, 6.45) is 3.43. The zero-order valence-electron chi connectivity index (χ0n) is 15.8. The van der Waals surface area contributed by atoms with Crippen molar-refractivity contribution in [3.8, 4) is 11.4 Å². The van der Waals surface area contributed by atoms with Crippen molar-refractivity contribution in [2.24, 2.45) is 0 Å². The molecule has 0 spiro atoms. The Morgan fingerprint density at radius 3 is 2.52 bits per heavy atom. The second-order valence-corrected chi connectivity index (χ2v) is 6.56. The molecule has 7 nitrogen and oxygen atoms in total. The quantitative estimate of drug-likeness (QED) is 0.548. The highest BCUT2D eigenvalue weighted by molar-refractivity contribution is 5.94. The first-order chi connectivity index (χ1) is 14.1. The Bertz CT molecular complexity index is 1180. The first-order valence-corrected chi connectivity index (χ1v) is 9.13. The summed E-state index contributed by atoms with van der Waals surface area (Å²) in [6, 6.07) is 18.5. The van der Waals surface area contributed by atoms with Crippen LogP contribution >= 0.6 is 0 Å². The zero-order valence-corrected chi connectivity index (χ0v) is 15.8. The normalized spacial score (nSPS) is 10.7. The van der Waals surface area contributed by atoms with Crippen LogP contribution in [-0.4, -0.2) is 26.3 Å². The van der Waals surface area contributed by atoms with Gasteiger partial charge < -0.3 is 15.2 Å². The molecule has 29 heavy (non-hydrogen) atoms. The van der Waals surface area contributed by atoms with Gasteiger partial charge in [0.15, 0.2) is 0 Å². The van der Waals surface area contributed by atoms with Gasteiger partial charge in [0, 0.05) is 36.3 Å². The molecule has 7 heteroatoms. The van der Waals surface area contributed by atoms with Crippen molar-refractivity contribution in [1.29, 1.82) is 0 Å². The number of nitrogens with one attached hydrogen (secondary N) is 2. The van der Waals surface area contributed by atoms with E-state index in [0.29, 0.717) is 17.2 Å². The third kappa shape index (κ3) is 4.14. The maximum absolute atomic E-state index is 12.8. The van der Waals surface area contributed by atoms with E-state index < -0.39 is 0 Å². The second kappa shape index (κ2) is 7.93. The molecule has 4 rings (SSSR count). The summed E-state index contributed by atoms with van der Waals surface area (Å²) in [4.78, 5) is 32.9. The van der Waals surface area contributed by atoms with Crippen LogP contribution in [0.4, 0.5) is 11.4 Å². The van der Waals surface area contributed by atoms with Gasteiger partial charge in [0.25, 0.3) is 0 Å². The molecular weight excluding hydrogens is 366 g/mol. The van der Waals surface area contributed by atoms with Crippen LogP contribution in [0.15, 0.2) is 73.1 Å². The number of nitrogens with zero attached hydrogens (tertiary/aromatic N) is 3. The fraction of sp³-hybridized carbons (Fsp3) is 0.0909. The van der Waals surface area contributed by atoms with Crippen molar-refractivity contribution in [2.75, 3.05) is 10.6 Å². The molecule has 2 amide bonds. The van der Waals surface area contributed by atoms with Crippen LogP contribution < -0.4 is 10.6 Å². The second-order valence-electron chi connectivity index (χ2n) is 6.56. The van der Waals surface area contributed by atoms with Crippen molar-refractivity contribution in [3.05, 3.63) is 73.1 Å². The molecule has 2 heterocycles. The molecular formula is C22H19N5O2. The summed E-state index contributed by atoms with van der Waals surface area (Å²) in [7, 11) is 0. The van der Waals surface area contributed by atoms with Crippen LogP contribution in [0.1, 0.15) is 6.92 Å². The number of hydrogen-bond donors (Lipinski definition) is 2. The minimum atomic E-state index is -0.196. The van der Waals surface area contributed by atoms with Crippen LogP contribution in [0, 0.1) is 0 Å². The van der Waals surface area contributed by atoms with Crippen LogP contribution in [0.3, 0.4) is 0 Å². The van der Waals surface area contributed by atoms with E-state index in [9.17, 15) is 9.59 Å². The fourth-order valence-electron chi connectivity index (χ4n) is 3.17. The molecule has 0 fully saturated rings. The molecule has 0 aliphatic heterocycles. The number of benzene rings is 2. The van der Waals surface area contributed by atoms with Crippen LogP contribution in [-0.2, 0) is 16.1 Å². The number of pyridine rings is 1. The molecule has 2 N–H and O–H groups in total. The lowest BCUT2D eigenvalue weighted by Gasteiger charge is -2.11. The number of imidazole rings is 1. The fourth-order valence-corrected chi connectivity index (χ4v) is 3.17. The lowest BCUT2D eigenvalue weighted by molar-refractivity contribution is -0.116. The summed E-state index contributed by atoms with van der Waals surface area (Å²) in [5.41, 5.74) is 3.75. The molecule has 0 unspecified atom stereocenters. The highest BCUT2D eigenvalue weighted by Crippen LogP contribution is 2.24. The van der Waals surface area contributed by atoms with E-state index in [0.717, 1.165) is 16.6 Å². The van der Waals surface area contributed by atoms with E-state index >= 15 is 0 Å². The maximum atomic E-state index is 12.8. The molecule has 0 saturated heterocycles. The molecule has 2 aromatic carbocycles. The summed E-state index contributed by atoms with van der Waals surface area (Å²) in [5.74, 6) is 0.319. The summed E-state index contributed by atoms with van der Waals surface area (Å²) < 4.78 is 1.87. The highest BCUT2D eigenvalue weighted by atomic mass is 16.2. The predicted molar refractivity (Wildman–Crippen MR) is 112 cm³/mol. The predicted octanol–water partition coefficient (Wildman–Crippen LogP) is 3.70. The van der Waals surface area contributed by atoms with Gasteiger partial charge in [0.05, 0.1) is 11.0 Å². The van der Waals surface area contributed by atoms with E-state index in [1.807, 2.05) is 41.0 Å².